The maximum Gasteiger partial charge on any atom is 0.319 e. The Kier molecular flexibility index (Phi) is 7.25. The number of esters is 1. The van der Waals surface area contributed by atoms with E-state index in [1.165, 1.54) is 0 Å². The van der Waals surface area contributed by atoms with Gasteiger partial charge in [-0.05, 0) is 43.0 Å². The van der Waals surface area contributed by atoms with Gasteiger partial charge in [0.05, 0.1) is 19.4 Å². The van der Waals surface area contributed by atoms with Gasteiger partial charge < -0.3 is 13.8 Å². The average Bonchev–Trinajstić information content (AvgIpc) is 2.56. The summed E-state index contributed by atoms with van der Waals surface area (Å²) < 4.78 is 16.8. The molecular weight excluding hydrogens is 345 g/mol. The van der Waals surface area contributed by atoms with Crippen molar-refractivity contribution in [2.75, 3.05) is 19.4 Å². The Hall–Kier alpha value is -1.88. The molecule has 0 radical (unpaired) electrons. The summed E-state index contributed by atoms with van der Waals surface area (Å²) >= 11 is 5.63. The van der Waals surface area contributed by atoms with Crippen LogP contribution >= 0.6 is 6.49 Å². The van der Waals surface area contributed by atoms with Crippen LogP contribution in [-0.2, 0) is 21.3 Å². The van der Waals surface area contributed by atoms with E-state index in [0.717, 1.165) is 0 Å². The summed E-state index contributed by atoms with van der Waals surface area (Å²) in [6.07, 6.45) is 0.241. The lowest BCUT2D eigenvalue weighted by Crippen LogP contribution is -2.27. The minimum Gasteiger partial charge on any atom is -0.465 e. The van der Waals surface area contributed by atoms with Crippen molar-refractivity contribution in [2.45, 2.75) is 6.92 Å². The molecule has 0 saturated heterocycles. The molecule has 0 aliphatic heterocycles. The average molecular weight is 365 g/mol. The van der Waals surface area contributed by atoms with E-state index in [1.54, 1.807) is 6.92 Å². The Labute approximate surface area is 147 Å². The molecule has 0 atom stereocenters. The van der Waals surface area contributed by atoms with Crippen molar-refractivity contribution < 1.29 is 18.6 Å². The molecule has 0 bridgehead atoms. The molecular formula is C17H20NO4PS. The fourth-order valence-electron chi connectivity index (χ4n) is 1.87. The third kappa shape index (κ3) is 6.32. The number of para-hydroxylation sites is 2. The fraction of sp³-hybridized carbons (Fsp3) is 0.235. The van der Waals surface area contributed by atoms with Crippen LogP contribution in [0.4, 0.5) is 0 Å². The zero-order valence-electron chi connectivity index (χ0n) is 13.4. The molecule has 0 amide bonds. The summed E-state index contributed by atoms with van der Waals surface area (Å²) in [5, 5.41) is 2.97. The summed E-state index contributed by atoms with van der Waals surface area (Å²) in [6.45, 7) is -0.560. The molecule has 0 aromatic heterocycles. The van der Waals surface area contributed by atoms with Crippen molar-refractivity contribution in [2.24, 2.45) is 0 Å². The van der Waals surface area contributed by atoms with E-state index in [0.29, 0.717) is 18.1 Å². The minimum absolute atomic E-state index is 0.0581. The molecule has 0 saturated carbocycles. The lowest BCUT2D eigenvalue weighted by Gasteiger charge is -2.24. The van der Waals surface area contributed by atoms with Crippen LogP contribution in [0.3, 0.4) is 0 Å². The highest BCUT2D eigenvalue weighted by molar-refractivity contribution is 8.10. The molecule has 0 fully saturated rings. The van der Waals surface area contributed by atoms with Crippen LogP contribution in [0, 0.1) is 0 Å². The van der Waals surface area contributed by atoms with E-state index < -0.39 is 6.49 Å². The van der Waals surface area contributed by atoms with Gasteiger partial charge in [0.25, 0.3) is 0 Å². The molecule has 24 heavy (non-hydrogen) atoms. The first-order chi connectivity index (χ1) is 11.6. The smallest absolute Gasteiger partial charge is 0.319 e. The first kappa shape index (κ1) is 18.5. The summed E-state index contributed by atoms with van der Waals surface area (Å²) in [6, 6.07) is 18.5. The van der Waals surface area contributed by atoms with E-state index in [1.807, 2.05) is 60.7 Å². The molecule has 0 heterocycles. The standard InChI is InChI=1S/C17H20NO4PS/c1-2-20-17(19)13-18-14-23(24,21-15-9-5-3-6-10-15)22-16-11-7-4-8-12-16/h3-12,18H,2,13-14H2,1H3. The van der Waals surface area contributed by atoms with E-state index >= 15 is 0 Å². The molecule has 2 aromatic carbocycles. The van der Waals surface area contributed by atoms with Gasteiger partial charge in [-0.25, -0.2) is 0 Å². The predicted molar refractivity (Wildman–Crippen MR) is 97.9 cm³/mol. The number of hydrogen-bond acceptors (Lipinski definition) is 6. The molecule has 2 aromatic rings. The first-order valence-corrected chi connectivity index (χ1v) is 10.4. The second kappa shape index (κ2) is 9.42. The fourth-order valence-corrected chi connectivity index (χ4v) is 4.10. The lowest BCUT2D eigenvalue weighted by atomic mass is 10.3. The zero-order chi connectivity index (χ0) is 17.3. The highest BCUT2D eigenvalue weighted by Crippen LogP contribution is 2.47. The van der Waals surface area contributed by atoms with Crippen molar-refractivity contribution >= 4 is 24.3 Å². The van der Waals surface area contributed by atoms with Crippen molar-refractivity contribution in [1.29, 1.82) is 0 Å². The molecule has 0 unspecified atom stereocenters. The van der Waals surface area contributed by atoms with Gasteiger partial charge in [0, 0.05) is 0 Å². The summed E-state index contributed by atoms with van der Waals surface area (Å²) in [4.78, 5) is 11.5. The normalized spacial score (nSPS) is 10.9. The Morgan fingerprint density at radius 2 is 1.50 bits per heavy atom. The monoisotopic (exact) mass is 365 g/mol. The topological polar surface area (TPSA) is 56.8 Å². The molecule has 0 spiro atoms. The minimum atomic E-state index is -2.72. The summed E-state index contributed by atoms with van der Waals surface area (Å²) in [5.41, 5.74) is 0. The Morgan fingerprint density at radius 1 is 1.00 bits per heavy atom. The lowest BCUT2D eigenvalue weighted by molar-refractivity contribution is -0.141. The predicted octanol–water partition coefficient (Wildman–Crippen LogP) is 3.56. The zero-order valence-corrected chi connectivity index (χ0v) is 15.1. The number of carbonyl (C=O) groups excluding carboxylic acids is 1. The van der Waals surface area contributed by atoms with Crippen LogP contribution in [0.5, 0.6) is 11.5 Å². The van der Waals surface area contributed by atoms with Crippen molar-refractivity contribution in [3.8, 4) is 11.5 Å². The number of benzene rings is 2. The third-order valence-electron chi connectivity index (χ3n) is 2.86. The number of ether oxygens (including phenoxy) is 1. The molecule has 1 N–H and O–H groups in total. The van der Waals surface area contributed by atoms with Crippen LogP contribution in [0.15, 0.2) is 60.7 Å². The Morgan fingerprint density at radius 3 is 1.96 bits per heavy atom. The maximum atomic E-state index is 11.5. The third-order valence-corrected chi connectivity index (χ3v) is 5.28. The van der Waals surface area contributed by atoms with Gasteiger partial charge in [0.2, 0.25) is 0 Å². The van der Waals surface area contributed by atoms with Crippen LogP contribution in [0.2, 0.25) is 0 Å². The van der Waals surface area contributed by atoms with E-state index in [-0.39, 0.29) is 18.8 Å². The van der Waals surface area contributed by atoms with Crippen LogP contribution in [-0.4, -0.2) is 25.4 Å². The second-order valence-electron chi connectivity index (χ2n) is 4.81. The van der Waals surface area contributed by atoms with E-state index in [4.69, 9.17) is 25.6 Å². The summed E-state index contributed by atoms with van der Waals surface area (Å²) in [7, 11) is 0. The SMILES string of the molecule is CCOC(=O)CNCP(=S)(Oc1ccccc1)Oc1ccccc1. The number of carbonyl (C=O) groups is 1. The quantitative estimate of drug-likeness (QED) is 0.542. The van der Waals surface area contributed by atoms with Gasteiger partial charge in [-0.2, -0.15) is 0 Å². The molecule has 2 rings (SSSR count). The van der Waals surface area contributed by atoms with Crippen molar-refractivity contribution in [3.05, 3.63) is 60.7 Å². The van der Waals surface area contributed by atoms with Gasteiger partial charge >= 0.3 is 12.5 Å². The van der Waals surface area contributed by atoms with Gasteiger partial charge in [0.15, 0.2) is 0 Å². The number of nitrogens with one attached hydrogen (secondary N) is 1. The maximum absolute atomic E-state index is 11.5. The second-order valence-corrected chi connectivity index (χ2v) is 8.38. The largest absolute Gasteiger partial charge is 0.465 e. The van der Waals surface area contributed by atoms with E-state index in [9.17, 15) is 4.79 Å². The van der Waals surface area contributed by atoms with Crippen molar-refractivity contribution in [1.82, 2.24) is 5.32 Å². The first-order valence-electron chi connectivity index (χ1n) is 7.56. The highest BCUT2D eigenvalue weighted by Gasteiger charge is 2.23. The summed E-state index contributed by atoms with van der Waals surface area (Å²) in [5.74, 6) is 0.933. The van der Waals surface area contributed by atoms with Crippen LogP contribution in [0.25, 0.3) is 0 Å². The Balaban J connectivity index is 2.05. The molecule has 0 aliphatic rings. The van der Waals surface area contributed by atoms with E-state index in [2.05, 4.69) is 5.32 Å². The van der Waals surface area contributed by atoms with Crippen molar-refractivity contribution in [3.63, 3.8) is 0 Å². The van der Waals surface area contributed by atoms with Gasteiger partial charge in [-0.3, -0.25) is 10.1 Å². The van der Waals surface area contributed by atoms with Gasteiger partial charge in [-0.15, -0.1) is 0 Å². The molecule has 5 nitrogen and oxygen atoms in total. The number of rotatable bonds is 9. The molecule has 7 heteroatoms. The molecule has 0 aliphatic carbocycles. The highest BCUT2D eigenvalue weighted by atomic mass is 32.5. The van der Waals surface area contributed by atoms with Crippen LogP contribution in [0.1, 0.15) is 6.92 Å². The van der Waals surface area contributed by atoms with Gasteiger partial charge in [-0.1, -0.05) is 36.4 Å². The molecule has 128 valence electrons. The van der Waals surface area contributed by atoms with Crippen LogP contribution < -0.4 is 14.4 Å². The Bertz CT molecular complexity index is 636. The van der Waals surface area contributed by atoms with Gasteiger partial charge in [0.1, 0.15) is 11.5 Å². The number of hydrogen-bond donors (Lipinski definition) is 1.